The number of aliphatic carboxylic acids is 2. The van der Waals surface area contributed by atoms with Crippen LogP contribution in [0.1, 0.15) is 44.9 Å². The molecule has 2 aromatic rings. The van der Waals surface area contributed by atoms with E-state index in [9.17, 15) is 19.8 Å². The summed E-state index contributed by atoms with van der Waals surface area (Å²) < 4.78 is 2.17. The Morgan fingerprint density at radius 2 is 1.82 bits per heavy atom. The highest BCUT2D eigenvalue weighted by Gasteiger charge is 2.40. The molecule has 2 atom stereocenters. The molecule has 28 heavy (non-hydrogen) atoms. The lowest BCUT2D eigenvalue weighted by Gasteiger charge is -2.24. The number of unbranched alkanes of at least 4 members (excludes halogenated alkanes) is 3. The zero-order chi connectivity index (χ0) is 20.7. The van der Waals surface area contributed by atoms with Crippen molar-refractivity contribution in [3.8, 4) is 0 Å². The van der Waals surface area contributed by atoms with Crippen LogP contribution in [-0.4, -0.2) is 48.6 Å². The number of hydrogen-bond acceptors (Lipinski definition) is 4. The summed E-state index contributed by atoms with van der Waals surface area (Å²) in [5.74, 6) is -3.05. The number of aliphatic hydroxyl groups excluding tert-OH is 1. The Morgan fingerprint density at radius 3 is 2.50 bits per heavy atom. The van der Waals surface area contributed by atoms with Crippen LogP contribution in [0.15, 0.2) is 30.5 Å². The van der Waals surface area contributed by atoms with E-state index >= 15 is 0 Å². The van der Waals surface area contributed by atoms with E-state index in [1.165, 1.54) is 0 Å². The summed E-state index contributed by atoms with van der Waals surface area (Å²) in [5, 5.41) is 39.4. The topological polar surface area (TPSA) is 120 Å². The molecule has 0 radical (unpaired) electrons. The van der Waals surface area contributed by atoms with Crippen LogP contribution in [0.3, 0.4) is 0 Å². The van der Waals surface area contributed by atoms with Gasteiger partial charge in [0, 0.05) is 35.1 Å². The summed E-state index contributed by atoms with van der Waals surface area (Å²) in [6, 6.07) is 7.81. The van der Waals surface area contributed by atoms with Crippen molar-refractivity contribution in [1.82, 2.24) is 4.57 Å². The average molecular weight is 412 g/mol. The first-order valence-electron chi connectivity index (χ1n) is 9.31. The Kier molecular flexibility index (Phi) is 7.86. The van der Waals surface area contributed by atoms with E-state index in [0.717, 1.165) is 36.7 Å². The van der Waals surface area contributed by atoms with E-state index in [1.807, 2.05) is 30.5 Å². The lowest BCUT2D eigenvalue weighted by molar-refractivity contribution is -0.168. The number of fused-ring (bicyclic) bond motifs is 1. The molecule has 0 aliphatic carbocycles. The molecule has 1 aromatic carbocycles. The van der Waals surface area contributed by atoms with Gasteiger partial charge in [-0.15, -0.1) is 0 Å². The minimum Gasteiger partial charge on any atom is -0.481 e. The molecule has 7 nitrogen and oxygen atoms in total. The predicted molar refractivity (Wildman–Crippen MR) is 105 cm³/mol. The van der Waals surface area contributed by atoms with Crippen molar-refractivity contribution in [2.45, 2.75) is 63.2 Å². The van der Waals surface area contributed by atoms with Crippen LogP contribution in [0, 0.1) is 0 Å². The van der Waals surface area contributed by atoms with E-state index < -0.39 is 36.5 Å². The van der Waals surface area contributed by atoms with Gasteiger partial charge in [0.15, 0.2) is 5.60 Å². The molecule has 0 fully saturated rings. The van der Waals surface area contributed by atoms with Gasteiger partial charge >= 0.3 is 11.9 Å². The first-order valence-corrected chi connectivity index (χ1v) is 9.69. The fourth-order valence-corrected chi connectivity index (χ4v) is 3.54. The summed E-state index contributed by atoms with van der Waals surface area (Å²) in [6.07, 6.45) is 3.29. The van der Waals surface area contributed by atoms with Crippen LogP contribution in [0.2, 0.25) is 5.02 Å². The first kappa shape index (κ1) is 22.2. The molecule has 8 heteroatoms. The maximum atomic E-state index is 11.1. The van der Waals surface area contributed by atoms with Crippen molar-refractivity contribution >= 4 is 34.4 Å². The zero-order valence-electron chi connectivity index (χ0n) is 15.6. The van der Waals surface area contributed by atoms with Crippen LogP contribution < -0.4 is 0 Å². The fourth-order valence-electron chi connectivity index (χ4n) is 3.36. The van der Waals surface area contributed by atoms with Gasteiger partial charge in [-0.2, -0.15) is 0 Å². The molecule has 0 spiro atoms. The molecule has 154 valence electrons. The van der Waals surface area contributed by atoms with Crippen LogP contribution in [0.4, 0.5) is 0 Å². The SMILES string of the molecule is O=C(O)C[C@@](O)(C[C@H](O)CCCCCCn1ccc2cc(Cl)ccc21)C(=O)O. The molecule has 4 N–H and O–H groups in total. The Labute approximate surface area is 168 Å². The second kappa shape index (κ2) is 9.91. The fraction of sp³-hybridized carbons (Fsp3) is 0.500. The minimum absolute atomic E-state index is 0.320. The van der Waals surface area contributed by atoms with Gasteiger partial charge < -0.3 is 25.0 Å². The molecular weight excluding hydrogens is 386 g/mol. The van der Waals surface area contributed by atoms with Crippen molar-refractivity contribution in [1.29, 1.82) is 0 Å². The molecule has 0 saturated heterocycles. The number of benzene rings is 1. The number of aliphatic hydroxyl groups is 2. The van der Waals surface area contributed by atoms with E-state index in [1.54, 1.807) is 0 Å². The summed E-state index contributed by atoms with van der Waals surface area (Å²) in [6.45, 7) is 0.866. The van der Waals surface area contributed by atoms with Crippen LogP contribution in [-0.2, 0) is 16.1 Å². The van der Waals surface area contributed by atoms with Crippen molar-refractivity contribution in [3.05, 3.63) is 35.5 Å². The summed E-state index contributed by atoms with van der Waals surface area (Å²) >= 11 is 5.99. The van der Waals surface area contributed by atoms with Crippen molar-refractivity contribution < 1.29 is 30.0 Å². The molecule has 0 amide bonds. The maximum absolute atomic E-state index is 11.1. The van der Waals surface area contributed by atoms with Crippen LogP contribution in [0.25, 0.3) is 10.9 Å². The lowest BCUT2D eigenvalue weighted by Crippen LogP contribution is -2.43. The van der Waals surface area contributed by atoms with Gasteiger partial charge in [-0.25, -0.2) is 4.79 Å². The number of aryl methyl sites for hydroxylation is 1. The standard InChI is InChI=1S/C20H26ClNO6/c21-15-6-7-17-14(11-15)8-10-22(17)9-4-2-1-3-5-16(23)12-20(28,19(26)27)13-18(24)25/h6-8,10-11,16,23,28H,1-5,9,12-13H2,(H,24,25)(H,26,27)/t16-,20+/m1/s1. The van der Waals surface area contributed by atoms with Gasteiger partial charge in [0.1, 0.15) is 0 Å². The number of carboxylic acids is 2. The Bertz CT molecular complexity index is 820. The number of rotatable bonds is 12. The maximum Gasteiger partial charge on any atom is 0.336 e. The van der Waals surface area contributed by atoms with Crippen LogP contribution >= 0.6 is 11.6 Å². The summed E-state index contributed by atoms with van der Waals surface area (Å²) in [5.41, 5.74) is -1.31. The Morgan fingerprint density at radius 1 is 1.11 bits per heavy atom. The normalized spacial score (nSPS) is 14.7. The number of halogens is 1. The third-order valence-electron chi connectivity index (χ3n) is 4.83. The van der Waals surface area contributed by atoms with Gasteiger partial charge in [0.2, 0.25) is 0 Å². The second-order valence-corrected chi connectivity index (χ2v) is 7.62. The number of hydrogen-bond donors (Lipinski definition) is 4. The van der Waals surface area contributed by atoms with E-state index in [0.29, 0.717) is 17.9 Å². The number of aromatic nitrogens is 1. The molecule has 1 aromatic heterocycles. The lowest BCUT2D eigenvalue weighted by atomic mass is 9.90. The minimum atomic E-state index is -2.44. The smallest absolute Gasteiger partial charge is 0.336 e. The number of carboxylic acid groups (broad SMARTS) is 2. The van der Waals surface area contributed by atoms with Gasteiger partial charge in [0.25, 0.3) is 0 Å². The molecule has 1 heterocycles. The van der Waals surface area contributed by atoms with Gasteiger partial charge in [-0.05, 0) is 37.1 Å². The van der Waals surface area contributed by atoms with Gasteiger partial charge in [0.05, 0.1) is 12.5 Å². The van der Waals surface area contributed by atoms with Crippen molar-refractivity contribution in [3.63, 3.8) is 0 Å². The molecule has 2 rings (SSSR count). The predicted octanol–water partition coefficient (Wildman–Crippen LogP) is 3.29. The van der Waals surface area contributed by atoms with E-state index in [4.69, 9.17) is 21.8 Å². The number of carbonyl (C=O) groups is 2. The van der Waals surface area contributed by atoms with Crippen molar-refractivity contribution in [2.24, 2.45) is 0 Å². The van der Waals surface area contributed by atoms with E-state index in [2.05, 4.69) is 4.57 Å². The molecule has 0 aliphatic rings. The largest absolute Gasteiger partial charge is 0.481 e. The molecule has 0 saturated carbocycles. The summed E-state index contributed by atoms with van der Waals surface area (Å²) in [4.78, 5) is 21.8. The first-order chi connectivity index (χ1) is 13.2. The highest BCUT2D eigenvalue weighted by molar-refractivity contribution is 6.31. The van der Waals surface area contributed by atoms with E-state index in [-0.39, 0.29) is 0 Å². The number of nitrogens with zero attached hydrogens (tertiary/aromatic N) is 1. The average Bonchev–Trinajstić information content (AvgIpc) is 2.99. The zero-order valence-corrected chi connectivity index (χ0v) is 16.3. The van der Waals surface area contributed by atoms with Gasteiger partial charge in [-0.3, -0.25) is 4.79 Å². The molecular formula is C20H26ClNO6. The van der Waals surface area contributed by atoms with Gasteiger partial charge in [-0.1, -0.05) is 30.9 Å². The Hall–Kier alpha value is -2.09. The quantitative estimate of drug-likeness (QED) is 0.398. The second-order valence-electron chi connectivity index (χ2n) is 7.18. The Balaban J connectivity index is 1.69. The van der Waals surface area contributed by atoms with Crippen LogP contribution in [0.5, 0.6) is 0 Å². The van der Waals surface area contributed by atoms with Crippen molar-refractivity contribution in [2.75, 3.05) is 0 Å². The highest BCUT2D eigenvalue weighted by Crippen LogP contribution is 2.23. The monoisotopic (exact) mass is 411 g/mol. The summed E-state index contributed by atoms with van der Waals surface area (Å²) in [7, 11) is 0. The highest BCUT2D eigenvalue weighted by atomic mass is 35.5. The molecule has 0 unspecified atom stereocenters. The molecule has 0 aliphatic heterocycles. The third-order valence-corrected chi connectivity index (χ3v) is 5.07. The third kappa shape index (κ3) is 6.22. The molecule has 0 bridgehead atoms.